The first-order valence-electron chi connectivity index (χ1n) is 8.53. The van der Waals surface area contributed by atoms with E-state index in [0.717, 1.165) is 45.6 Å². The summed E-state index contributed by atoms with van der Waals surface area (Å²) in [7, 11) is 0. The van der Waals surface area contributed by atoms with Crippen LogP contribution in [0.3, 0.4) is 0 Å². The molecule has 1 aromatic carbocycles. The summed E-state index contributed by atoms with van der Waals surface area (Å²) in [6.07, 6.45) is 0. The van der Waals surface area contributed by atoms with Crippen molar-refractivity contribution < 1.29 is 9.53 Å². The van der Waals surface area contributed by atoms with Crippen LogP contribution in [-0.4, -0.2) is 52.7 Å². The first-order chi connectivity index (χ1) is 12.6. The third kappa shape index (κ3) is 4.68. The zero-order chi connectivity index (χ0) is 18.5. The van der Waals surface area contributed by atoms with Gasteiger partial charge in [-0.1, -0.05) is 11.8 Å². The fraction of sp³-hybridized carbons (Fsp3) is 0.471. The maximum Gasteiger partial charge on any atom is 0.234 e. The third-order valence-electron chi connectivity index (χ3n) is 4.10. The van der Waals surface area contributed by atoms with Crippen LogP contribution in [0.2, 0.25) is 0 Å². The molecule has 0 atom stereocenters. The van der Waals surface area contributed by atoms with Gasteiger partial charge >= 0.3 is 0 Å². The minimum atomic E-state index is -0.0436. The van der Waals surface area contributed by atoms with Crippen LogP contribution in [0, 0.1) is 10.5 Å². The number of benzene rings is 1. The Bertz CT molecular complexity index is 777. The Balaban J connectivity index is 1.62. The van der Waals surface area contributed by atoms with E-state index in [1.165, 1.54) is 11.8 Å². The second-order valence-electron chi connectivity index (χ2n) is 5.92. The summed E-state index contributed by atoms with van der Waals surface area (Å²) in [4.78, 5) is 14.5. The van der Waals surface area contributed by atoms with Crippen molar-refractivity contribution in [2.24, 2.45) is 0 Å². The van der Waals surface area contributed by atoms with Gasteiger partial charge < -0.3 is 15.0 Å². The summed E-state index contributed by atoms with van der Waals surface area (Å²) in [5.74, 6) is 1.11. The number of amides is 1. The number of aromatic nitrogens is 3. The van der Waals surface area contributed by atoms with E-state index in [0.29, 0.717) is 19.0 Å². The van der Waals surface area contributed by atoms with E-state index in [-0.39, 0.29) is 5.91 Å². The Morgan fingerprint density at radius 2 is 2.12 bits per heavy atom. The molecule has 1 saturated heterocycles. The molecule has 2 heterocycles. The van der Waals surface area contributed by atoms with Crippen LogP contribution in [0.4, 0.5) is 11.6 Å². The topological polar surface area (TPSA) is 72.3 Å². The molecule has 0 unspecified atom stereocenters. The molecule has 3 rings (SSSR count). The van der Waals surface area contributed by atoms with Crippen molar-refractivity contribution in [1.29, 1.82) is 0 Å². The molecule has 0 saturated carbocycles. The van der Waals surface area contributed by atoms with Gasteiger partial charge in [-0.15, -0.1) is 10.2 Å². The molecule has 1 fully saturated rings. The first-order valence-corrected chi connectivity index (χ1v) is 10.6. The Hall–Kier alpha value is -1.33. The van der Waals surface area contributed by atoms with Crippen molar-refractivity contribution in [1.82, 2.24) is 14.8 Å². The van der Waals surface area contributed by atoms with Crippen LogP contribution < -0.4 is 10.2 Å². The number of morpholine rings is 1. The monoisotopic (exact) mass is 487 g/mol. The van der Waals surface area contributed by atoms with Crippen molar-refractivity contribution in [3.63, 3.8) is 0 Å². The van der Waals surface area contributed by atoms with Gasteiger partial charge in [-0.25, -0.2) is 0 Å². The van der Waals surface area contributed by atoms with E-state index in [1.807, 2.05) is 25.1 Å². The van der Waals surface area contributed by atoms with Crippen molar-refractivity contribution in [3.8, 4) is 0 Å². The molecule has 1 N–H and O–H groups in total. The first kappa shape index (κ1) is 19.4. The fourth-order valence-corrected chi connectivity index (χ4v) is 4.19. The minimum Gasteiger partial charge on any atom is -0.378 e. The molecule has 0 spiro atoms. The number of hydrogen-bond acceptors (Lipinski definition) is 6. The molecule has 1 aromatic heterocycles. The predicted octanol–water partition coefficient (Wildman–Crippen LogP) is 2.78. The van der Waals surface area contributed by atoms with Crippen LogP contribution >= 0.6 is 34.4 Å². The smallest absolute Gasteiger partial charge is 0.234 e. The zero-order valence-corrected chi connectivity index (χ0v) is 17.8. The summed E-state index contributed by atoms with van der Waals surface area (Å²) in [6.45, 7) is 7.86. The van der Waals surface area contributed by atoms with E-state index in [4.69, 9.17) is 4.74 Å². The van der Waals surface area contributed by atoms with Gasteiger partial charge in [0.15, 0.2) is 5.16 Å². The number of nitrogens with one attached hydrogen (secondary N) is 1. The highest BCUT2D eigenvalue weighted by molar-refractivity contribution is 14.1. The van der Waals surface area contributed by atoms with Gasteiger partial charge in [-0.2, -0.15) is 0 Å². The highest BCUT2D eigenvalue weighted by Gasteiger charge is 2.20. The largest absolute Gasteiger partial charge is 0.378 e. The number of carbonyl (C=O) groups is 1. The standard InChI is InChI=1S/C17H22IN5O2S/c1-3-23-16(22-6-8-25-9-7-22)20-21-17(23)26-11-15(24)19-14-5-4-13(18)10-12(14)2/h4-5,10H,3,6-9,11H2,1-2H3,(H,19,24). The number of hydrogen-bond donors (Lipinski definition) is 1. The molecular weight excluding hydrogens is 465 g/mol. The highest BCUT2D eigenvalue weighted by Crippen LogP contribution is 2.23. The average molecular weight is 487 g/mol. The molecule has 0 bridgehead atoms. The summed E-state index contributed by atoms with van der Waals surface area (Å²) < 4.78 is 8.60. The molecular formula is C17H22IN5O2S. The van der Waals surface area contributed by atoms with Gasteiger partial charge in [0, 0.05) is 28.9 Å². The van der Waals surface area contributed by atoms with Crippen LogP contribution in [0.25, 0.3) is 0 Å². The Labute approximate surface area is 171 Å². The summed E-state index contributed by atoms with van der Waals surface area (Å²) >= 11 is 3.67. The van der Waals surface area contributed by atoms with Crippen molar-refractivity contribution in [3.05, 3.63) is 27.3 Å². The van der Waals surface area contributed by atoms with E-state index in [1.54, 1.807) is 0 Å². The highest BCUT2D eigenvalue weighted by atomic mass is 127. The fourth-order valence-electron chi connectivity index (χ4n) is 2.75. The lowest BCUT2D eigenvalue weighted by atomic mass is 10.2. The van der Waals surface area contributed by atoms with E-state index >= 15 is 0 Å². The molecule has 1 amide bonds. The second kappa shape index (κ2) is 9.05. The van der Waals surface area contributed by atoms with Crippen molar-refractivity contribution >= 4 is 51.9 Å². The van der Waals surface area contributed by atoms with Gasteiger partial charge in [0.25, 0.3) is 0 Å². The number of aryl methyl sites for hydroxylation is 1. The molecule has 140 valence electrons. The Morgan fingerprint density at radius 3 is 2.81 bits per heavy atom. The molecule has 7 nitrogen and oxygen atoms in total. The Kier molecular flexibility index (Phi) is 6.76. The number of thioether (sulfide) groups is 1. The van der Waals surface area contributed by atoms with Crippen LogP contribution in [0.15, 0.2) is 23.4 Å². The predicted molar refractivity (Wildman–Crippen MR) is 112 cm³/mol. The Morgan fingerprint density at radius 1 is 1.35 bits per heavy atom. The molecule has 2 aromatic rings. The average Bonchev–Trinajstić information content (AvgIpc) is 3.06. The number of anilines is 2. The molecule has 9 heteroatoms. The van der Waals surface area contributed by atoms with Crippen molar-refractivity contribution in [2.75, 3.05) is 42.3 Å². The van der Waals surface area contributed by atoms with Crippen LogP contribution in [0.5, 0.6) is 0 Å². The maximum absolute atomic E-state index is 12.3. The lowest BCUT2D eigenvalue weighted by Gasteiger charge is -2.27. The zero-order valence-electron chi connectivity index (χ0n) is 14.9. The van der Waals surface area contributed by atoms with Gasteiger partial charge in [0.05, 0.1) is 19.0 Å². The summed E-state index contributed by atoms with van der Waals surface area (Å²) in [5, 5.41) is 12.3. The van der Waals surface area contributed by atoms with Gasteiger partial charge in [-0.05, 0) is 60.2 Å². The van der Waals surface area contributed by atoms with E-state index in [9.17, 15) is 4.79 Å². The van der Waals surface area contributed by atoms with Gasteiger partial charge in [-0.3, -0.25) is 9.36 Å². The lowest BCUT2D eigenvalue weighted by Crippen LogP contribution is -2.38. The number of ether oxygens (including phenoxy) is 1. The van der Waals surface area contributed by atoms with Crippen molar-refractivity contribution in [2.45, 2.75) is 25.5 Å². The number of nitrogens with zero attached hydrogens (tertiary/aromatic N) is 4. The third-order valence-corrected chi connectivity index (χ3v) is 5.74. The minimum absolute atomic E-state index is 0.0436. The molecule has 26 heavy (non-hydrogen) atoms. The molecule has 1 aliphatic rings. The lowest BCUT2D eigenvalue weighted by molar-refractivity contribution is -0.113. The normalized spacial score (nSPS) is 14.5. The number of rotatable bonds is 6. The quantitative estimate of drug-likeness (QED) is 0.499. The SMILES string of the molecule is CCn1c(SCC(=O)Nc2ccc(I)cc2C)nnc1N1CCOCC1. The maximum atomic E-state index is 12.3. The molecule has 0 radical (unpaired) electrons. The number of halogens is 1. The van der Waals surface area contributed by atoms with E-state index < -0.39 is 0 Å². The molecule has 0 aliphatic carbocycles. The van der Waals surface area contributed by atoms with E-state index in [2.05, 4.69) is 54.5 Å². The number of carbonyl (C=O) groups excluding carboxylic acids is 1. The second-order valence-corrected chi connectivity index (χ2v) is 8.11. The summed E-state index contributed by atoms with van der Waals surface area (Å²) in [5.41, 5.74) is 1.91. The van der Waals surface area contributed by atoms with Crippen LogP contribution in [-0.2, 0) is 16.1 Å². The summed E-state index contributed by atoms with van der Waals surface area (Å²) in [6, 6.07) is 5.97. The van der Waals surface area contributed by atoms with Gasteiger partial charge in [0.1, 0.15) is 0 Å². The molecule has 1 aliphatic heterocycles. The van der Waals surface area contributed by atoms with Crippen LogP contribution in [0.1, 0.15) is 12.5 Å². The van der Waals surface area contributed by atoms with Gasteiger partial charge in [0.2, 0.25) is 11.9 Å².